The average molecular weight is 621 g/mol. The Balaban J connectivity index is 1.45. The number of halogens is 1. The summed E-state index contributed by atoms with van der Waals surface area (Å²) in [5, 5.41) is 9.78. The van der Waals surface area contributed by atoms with Crippen molar-refractivity contribution >= 4 is 39.4 Å². The number of amides is 1. The number of aromatic amines is 1. The lowest BCUT2D eigenvalue weighted by atomic mass is 10.1. The zero-order chi connectivity index (χ0) is 31.1. The topological polar surface area (TPSA) is 124 Å². The fourth-order valence-corrected chi connectivity index (χ4v) is 6.06. The standard InChI is InChI=1S/C31H37ClN8O4/c1-19(2)16-39-28-26(30(42)37(4)31(39)43)27(40(35-28)18-21-15-34-24-6-5-22(32)14-23(21)24)25-13-20(17-36(25)3)29(41)33-7-8-38-9-11-44-12-10-38/h5-6,13-15,17,19,34H,7-12,16,18H2,1-4H3,(H,33,41). The van der Waals surface area contributed by atoms with E-state index < -0.39 is 11.2 Å². The van der Waals surface area contributed by atoms with Gasteiger partial charge in [-0.15, -0.1) is 0 Å². The number of benzene rings is 1. The number of nitrogens with zero attached hydrogens (tertiary/aromatic N) is 6. The third-order valence-corrected chi connectivity index (χ3v) is 8.39. The lowest BCUT2D eigenvalue weighted by molar-refractivity contribution is 0.0383. The van der Waals surface area contributed by atoms with E-state index in [1.807, 2.05) is 49.9 Å². The average Bonchev–Trinajstić information content (AvgIpc) is 3.69. The molecular formula is C31H37ClN8O4. The first-order valence-electron chi connectivity index (χ1n) is 14.8. The summed E-state index contributed by atoms with van der Waals surface area (Å²) in [7, 11) is 3.32. The molecule has 5 heterocycles. The van der Waals surface area contributed by atoms with E-state index in [0.717, 1.165) is 40.7 Å². The van der Waals surface area contributed by atoms with Crippen molar-refractivity contribution in [3.63, 3.8) is 0 Å². The number of hydrogen-bond donors (Lipinski definition) is 2. The Kier molecular flexibility index (Phi) is 8.23. The smallest absolute Gasteiger partial charge is 0.332 e. The fraction of sp³-hybridized carbons (Fsp3) is 0.419. The van der Waals surface area contributed by atoms with Gasteiger partial charge in [0.05, 0.1) is 31.0 Å². The number of carbonyl (C=O) groups is 1. The molecule has 1 amide bonds. The van der Waals surface area contributed by atoms with Crippen molar-refractivity contribution in [1.29, 1.82) is 0 Å². The molecule has 2 N–H and O–H groups in total. The van der Waals surface area contributed by atoms with Crippen LogP contribution in [-0.4, -0.2) is 78.7 Å². The van der Waals surface area contributed by atoms with Crippen LogP contribution in [0.1, 0.15) is 29.8 Å². The van der Waals surface area contributed by atoms with E-state index in [9.17, 15) is 14.4 Å². The number of H-pyrrole nitrogens is 1. The number of nitrogens with one attached hydrogen (secondary N) is 2. The van der Waals surface area contributed by atoms with E-state index in [-0.39, 0.29) is 11.8 Å². The molecule has 13 heteroatoms. The molecule has 1 aliphatic heterocycles. The lowest BCUT2D eigenvalue weighted by Gasteiger charge is -2.26. The molecule has 0 aliphatic carbocycles. The Bertz CT molecular complexity index is 1970. The molecule has 6 rings (SSSR count). The van der Waals surface area contributed by atoms with E-state index in [1.54, 1.807) is 21.5 Å². The molecule has 1 aliphatic rings. The van der Waals surface area contributed by atoms with Crippen LogP contribution in [0.4, 0.5) is 0 Å². The maximum absolute atomic E-state index is 13.8. The number of carbonyl (C=O) groups excluding carboxylic acids is 1. The summed E-state index contributed by atoms with van der Waals surface area (Å²) >= 11 is 6.33. The number of aryl methyl sites for hydroxylation is 1. The van der Waals surface area contributed by atoms with E-state index in [2.05, 4.69) is 15.2 Å². The Hall–Kier alpha value is -4.13. The van der Waals surface area contributed by atoms with Gasteiger partial charge in [0.2, 0.25) is 0 Å². The summed E-state index contributed by atoms with van der Waals surface area (Å²) < 4.78 is 11.7. The predicted molar refractivity (Wildman–Crippen MR) is 170 cm³/mol. The van der Waals surface area contributed by atoms with Crippen LogP contribution >= 0.6 is 11.6 Å². The molecule has 0 spiro atoms. The Morgan fingerprint density at radius 3 is 2.68 bits per heavy atom. The van der Waals surface area contributed by atoms with Crippen molar-refractivity contribution in [3.8, 4) is 11.4 Å². The first kappa shape index (κ1) is 29.9. The Labute approximate surface area is 258 Å². The van der Waals surface area contributed by atoms with Crippen molar-refractivity contribution in [2.24, 2.45) is 20.0 Å². The summed E-state index contributed by atoms with van der Waals surface area (Å²) in [6.07, 6.45) is 3.65. The Morgan fingerprint density at radius 1 is 1.16 bits per heavy atom. The van der Waals surface area contributed by atoms with E-state index in [4.69, 9.17) is 21.4 Å². The van der Waals surface area contributed by atoms with Crippen LogP contribution in [-0.2, 0) is 31.9 Å². The minimum absolute atomic E-state index is 0.139. The summed E-state index contributed by atoms with van der Waals surface area (Å²) in [5.41, 5.74) is 2.94. The first-order chi connectivity index (χ1) is 21.1. The molecule has 12 nitrogen and oxygen atoms in total. The minimum atomic E-state index is -0.439. The number of ether oxygens (including phenoxy) is 1. The van der Waals surface area contributed by atoms with Gasteiger partial charge in [0.1, 0.15) is 11.1 Å². The van der Waals surface area contributed by atoms with Crippen LogP contribution in [0.2, 0.25) is 5.02 Å². The number of hydrogen-bond acceptors (Lipinski definition) is 6. The molecule has 0 saturated carbocycles. The van der Waals surface area contributed by atoms with Crippen LogP contribution < -0.4 is 16.6 Å². The lowest BCUT2D eigenvalue weighted by Crippen LogP contribution is -2.41. The van der Waals surface area contributed by atoms with Crippen molar-refractivity contribution in [2.45, 2.75) is 26.9 Å². The zero-order valence-electron chi connectivity index (χ0n) is 25.4. The molecule has 5 aromatic rings. The third-order valence-electron chi connectivity index (χ3n) is 8.15. The third kappa shape index (κ3) is 5.60. The van der Waals surface area contributed by atoms with Gasteiger partial charge in [-0.1, -0.05) is 25.4 Å². The van der Waals surface area contributed by atoms with Crippen LogP contribution in [0.5, 0.6) is 0 Å². The highest BCUT2D eigenvalue weighted by Crippen LogP contribution is 2.30. The normalized spacial score (nSPS) is 14.3. The zero-order valence-corrected chi connectivity index (χ0v) is 26.1. The summed E-state index contributed by atoms with van der Waals surface area (Å²) in [6, 6.07) is 7.41. The van der Waals surface area contributed by atoms with Crippen molar-refractivity contribution in [3.05, 3.63) is 73.6 Å². The number of fused-ring (bicyclic) bond motifs is 2. The SMILES string of the molecule is CC(C)Cn1c(=O)n(C)c(=O)c2c(-c3cc(C(=O)NCCN4CCOCC4)cn3C)n(Cc3c[nH]c4ccc(Cl)cc34)nc21. The quantitative estimate of drug-likeness (QED) is 0.261. The van der Waals surface area contributed by atoms with Gasteiger partial charge in [-0.3, -0.25) is 28.3 Å². The van der Waals surface area contributed by atoms with Gasteiger partial charge < -0.3 is 19.6 Å². The summed E-state index contributed by atoms with van der Waals surface area (Å²) in [4.78, 5) is 45.8. The van der Waals surface area contributed by atoms with Crippen molar-refractivity contribution in [2.75, 3.05) is 39.4 Å². The highest BCUT2D eigenvalue weighted by atomic mass is 35.5. The molecular weight excluding hydrogens is 584 g/mol. The maximum atomic E-state index is 13.8. The number of rotatable bonds is 9. The fourth-order valence-electron chi connectivity index (χ4n) is 5.89. The highest BCUT2D eigenvalue weighted by molar-refractivity contribution is 6.31. The van der Waals surface area contributed by atoms with Crippen LogP contribution in [0, 0.1) is 5.92 Å². The second-order valence-electron chi connectivity index (χ2n) is 11.8. The molecule has 1 aromatic carbocycles. The highest BCUT2D eigenvalue weighted by Gasteiger charge is 2.26. The molecule has 1 fully saturated rings. The molecule has 0 bridgehead atoms. The van der Waals surface area contributed by atoms with Gasteiger partial charge in [0.15, 0.2) is 5.65 Å². The number of morpholine rings is 1. The minimum Gasteiger partial charge on any atom is -0.379 e. The monoisotopic (exact) mass is 620 g/mol. The van der Waals surface area contributed by atoms with E-state index in [0.29, 0.717) is 65.9 Å². The Morgan fingerprint density at radius 2 is 1.93 bits per heavy atom. The van der Waals surface area contributed by atoms with Gasteiger partial charge in [-0.25, -0.2) is 4.79 Å². The van der Waals surface area contributed by atoms with Gasteiger partial charge in [0.25, 0.3) is 11.5 Å². The second-order valence-corrected chi connectivity index (χ2v) is 12.2. The van der Waals surface area contributed by atoms with Crippen molar-refractivity contribution in [1.82, 2.24) is 38.7 Å². The number of aromatic nitrogens is 6. The maximum Gasteiger partial charge on any atom is 0.332 e. The molecule has 44 heavy (non-hydrogen) atoms. The molecule has 0 atom stereocenters. The molecule has 232 valence electrons. The first-order valence-corrected chi connectivity index (χ1v) is 15.2. The molecule has 0 radical (unpaired) electrons. The predicted octanol–water partition coefficient (Wildman–Crippen LogP) is 2.80. The largest absolute Gasteiger partial charge is 0.379 e. The molecule has 1 saturated heterocycles. The van der Waals surface area contributed by atoms with Gasteiger partial charge in [0, 0.05) is 75.1 Å². The second kappa shape index (κ2) is 12.1. The van der Waals surface area contributed by atoms with Crippen LogP contribution in [0.3, 0.4) is 0 Å². The van der Waals surface area contributed by atoms with Gasteiger partial charge in [-0.2, -0.15) is 5.10 Å². The summed E-state index contributed by atoms with van der Waals surface area (Å²) in [6.45, 7) is 9.07. The van der Waals surface area contributed by atoms with E-state index >= 15 is 0 Å². The van der Waals surface area contributed by atoms with Gasteiger partial charge >= 0.3 is 5.69 Å². The van der Waals surface area contributed by atoms with E-state index in [1.165, 1.54) is 7.05 Å². The summed E-state index contributed by atoms with van der Waals surface area (Å²) in [5.74, 6) is -0.0630. The molecule has 0 unspecified atom stereocenters. The van der Waals surface area contributed by atoms with Crippen LogP contribution in [0.15, 0.2) is 46.2 Å². The van der Waals surface area contributed by atoms with Crippen molar-refractivity contribution < 1.29 is 9.53 Å². The van der Waals surface area contributed by atoms with Gasteiger partial charge in [-0.05, 0) is 35.7 Å². The molecule has 4 aromatic heterocycles. The van der Waals surface area contributed by atoms with Crippen LogP contribution in [0.25, 0.3) is 33.3 Å².